The third kappa shape index (κ3) is 3.55. The third-order valence-electron chi connectivity index (χ3n) is 2.62. The van der Waals surface area contributed by atoms with E-state index < -0.39 is 4.92 Å². The second-order valence-electron chi connectivity index (χ2n) is 4.03. The van der Waals surface area contributed by atoms with Gasteiger partial charge in [0.25, 0.3) is 5.69 Å². The number of rotatable bonds is 4. The lowest BCUT2D eigenvalue weighted by atomic mass is 10.2. The van der Waals surface area contributed by atoms with E-state index in [9.17, 15) is 14.5 Å². The first kappa shape index (κ1) is 14.9. The largest absolute Gasteiger partial charge is 0.381 e. The molecule has 0 aliphatic rings. The Kier molecular flexibility index (Phi) is 4.72. The molecule has 0 saturated heterocycles. The van der Waals surface area contributed by atoms with Crippen molar-refractivity contribution < 1.29 is 9.31 Å². The van der Waals surface area contributed by atoms with E-state index in [2.05, 4.69) is 37.2 Å². The summed E-state index contributed by atoms with van der Waals surface area (Å²) >= 11 is 6.20. The van der Waals surface area contributed by atoms with Crippen LogP contribution in [0, 0.1) is 15.9 Å². The average Bonchev–Trinajstić information content (AvgIpc) is 2.41. The fourth-order valence-electron chi connectivity index (χ4n) is 1.62. The lowest BCUT2D eigenvalue weighted by Crippen LogP contribution is -2.01. The first-order chi connectivity index (χ1) is 9.47. The van der Waals surface area contributed by atoms with Crippen LogP contribution in [0.4, 0.5) is 15.8 Å². The van der Waals surface area contributed by atoms with Crippen molar-refractivity contribution in [2.24, 2.45) is 0 Å². The zero-order valence-electron chi connectivity index (χ0n) is 10.1. The van der Waals surface area contributed by atoms with E-state index in [0.717, 1.165) is 5.56 Å². The molecule has 20 heavy (non-hydrogen) atoms. The molecular weight excluding hydrogens is 395 g/mol. The summed E-state index contributed by atoms with van der Waals surface area (Å²) in [6.45, 7) is 0.370. The fraction of sp³-hybridized carbons (Fsp3) is 0.0769. The molecule has 0 unspecified atom stereocenters. The lowest BCUT2D eigenvalue weighted by molar-refractivity contribution is -0.385. The highest BCUT2D eigenvalue weighted by Crippen LogP contribution is 2.26. The normalized spacial score (nSPS) is 10.3. The Hall–Kier alpha value is -1.47. The first-order valence-electron chi connectivity index (χ1n) is 5.59. The Morgan fingerprint density at radius 3 is 2.50 bits per heavy atom. The Labute approximate surface area is 131 Å². The minimum absolute atomic E-state index is 0.00582. The van der Waals surface area contributed by atoms with Crippen molar-refractivity contribution in [2.75, 3.05) is 5.32 Å². The van der Waals surface area contributed by atoms with Crippen molar-refractivity contribution in [1.82, 2.24) is 0 Å². The maximum absolute atomic E-state index is 13.3. The number of benzene rings is 2. The Bertz CT molecular complexity index is 665. The lowest BCUT2D eigenvalue weighted by Gasteiger charge is -2.07. The number of nitrogens with one attached hydrogen (secondary N) is 1. The summed E-state index contributed by atoms with van der Waals surface area (Å²) in [4.78, 5) is 10.4. The third-order valence-corrected chi connectivity index (χ3v) is 3.94. The predicted octanol–water partition coefficient (Wildman–Crippen LogP) is 4.87. The van der Waals surface area contributed by atoms with Gasteiger partial charge in [0.15, 0.2) is 0 Å². The number of hydrogen-bond acceptors (Lipinski definition) is 3. The standard InChI is InChI=1S/C13H9Br2FN2O2/c14-10-4-2-9(6-12(10)16)17-7-8-1-3-11(15)13(5-8)18(19)20/h1-6,17H,7H2. The molecule has 0 bridgehead atoms. The fourth-order valence-corrected chi connectivity index (χ4v) is 2.26. The number of anilines is 1. The molecule has 104 valence electrons. The van der Waals surface area contributed by atoms with Gasteiger partial charge < -0.3 is 5.32 Å². The van der Waals surface area contributed by atoms with Crippen LogP contribution in [0.25, 0.3) is 0 Å². The molecule has 0 amide bonds. The number of nitro benzene ring substituents is 1. The van der Waals surface area contributed by atoms with Gasteiger partial charge in [-0.25, -0.2) is 4.39 Å². The maximum Gasteiger partial charge on any atom is 0.283 e. The number of hydrogen-bond donors (Lipinski definition) is 1. The van der Waals surface area contributed by atoms with Crippen LogP contribution in [0.2, 0.25) is 0 Å². The zero-order chi connectivity index (χ0) is 14.7. The molecule has 2 aromatic rings. The van der Waals surface area contributed by atoms with E-state index in [0.29, 0.717) is 21.2 Å². The minimum Gasteiger partial charge on any atom is -0.381 e. The first-order valence-corrected chi connectivity index (χ1v) is 7.17. The smallest absolute Gasteiger partial charge is 0.283 e. The van der Waals surface area contributed by atoms with Crippen molar-refractivity contribution in [3.63, 3.8) is 0 Å². The van der Waals surface area contributed by atoms with Crippen molar-refractivity contribution in [1.29, 1.82) is 0 Å². The van der Waals surface area contributed by atoms with Crippen LogP contribution in [0.1, 0.15) is 5.56 Å². The average molecular weight is 404 g/mol. The number of nitrogens with zero attached hydrogens (tertiary/aromatic N) is 1. The summed E-state index contributed by atoms with van der Waals surface area (Å²) < 4.78 is 14.2. The Balaban J connectivity index is 2.12. The van der Waals surface area contributed by atoms with Gasteiger partial charge in [0.2, 0.25) is 0 Å². The van der Waals surface area contributed by atoms with Crippen LogP contribution in [0.15, 0.2) is 45.3 Å². The molecule has 0 saturated carbocycles. The van der Waals surface area contributed by atoms with Crippen LogP contribution >= 0.6 is 31.9 Å². The van der Waals surface area contributed by atoms with Gasteiger partial charge in [0.1, 0.15) is 5.82 Å². The van der Waals surface area contributed by atoms with Crippen molar-refractivity contribution in [3.8, 4) is 0 Å². The summed E-state index contributed by atoms with van der Waals surface area (Å²) in [5.74, 6) is -0.364. The van der Waals surface area contributed by atoms with Crippen molar-refractivity contribution in [3.05, 3.63) is 66.8 Å². The van der Waals surface area contributed by atoms with Crippen LogP contribution in [0.3, 0.4) is 0 Å². The van der Waals surface area contributed by atoms with E-state index in [1.807, 2.05) is 0 Å². The SMILES string of the molecule is O=[N+]([O-])c1cc(CNc2ccc(Br)c(F)c2)ccc1Br. The molecular formula is C13H9Br2FN2O2. The van der Waals surface area contributed by atoms with E-state index in [1.165, 1.54) is 12.1 Å². The van der Waals surface area contributed by atoms with E-state index in [-0.39, 0.29) is 11.5 Å². The quantitative estimate of drug-likeness (QED) is 0.585. The van der Waals surface area contributed by atoms with Gasteiger partial charge in [-0.05, 0) is 61.7 Å². The van der Waals surface area contributed by atoms with Gasteiger partial charge in [0.05, 0.1) is 13.9 Å². The monoisotopic (exact) mass is 402 g/mol. The number of nitro groups is 1. The molecule has 0 aromatic heterocycles. The second-order valence-corrected chi connectivity index (χ2v) is 5.73. The van der Waals surface area contributed by atoms with E-state index >= 15 is 0 Å². The van der Waals surface area contributed by atoms with Crippen LogP contribution in [0.5, 0.6) is 0 Å². The molecule has 7 heteroatoms. The van der Waals surface area contributed by atoms with Gasteiger partial charge in [-0.3, -0.25) is 10.1 Å². The summed E-state index contributed by atoms with van der Waals surface area (Å²) in [5, 5.41) is 13.8. The molecule has 1 N–H and O–H groups in total. The summed E-state index contributed by atoms with van der Waals surface area (Å²) in [6.07, 6.45) is 0. The molecule has 0 atom stereocenters. The van der Waals surface area contributed by atoms with Crippen LogP contribution in [-0.4, -0.2) is 4.92 Å². The number of halogens is 3. The minimum atomic E-state index is -0.452. The van der Waals surface area contributed by atoms with Gasteiger partial charge in [-0.2, -0.15) is 0 Å². The highest BCUT2D eigenvalue weighted by Gasteiger charge is 2.12. The molecule has 0 aliphatic heterocycles. The highest BCUT2D eigenvalue weighted by molar-refractivity contribution is 9.10. The van der Waals surface area contributed by atoms with Gasteiger partial charge in [-0.1, -0.05) is 6.07 Å². The molecule has 4 nitrogen and oxygen atoms in total. The van der Waals surface area contributed by atoms with Gasteiger partial charge in [0, 0.05) is 18.3 Å². The Morgan fingerprint density at radius 2 is 1.85 bits per heavy atom. The topological polar surface area (TPSA) is 55.2 Å². The summed E-state index contributed by atoms with van der Waals surface area (Å²) in [6, 6.07) is 9.54. The van der Waals surface area contributed by atoms with Crippen LogP contribution in [-0.2, 0) is 6.54 Å². The second kappa shape index (κ2) is 6.32. The van der Waals surface area contributed by atoms with Gasteiger partial charge in [-0.15, -0.1) is 0 Å². The van der Waals surface area contributed by atoms with Crippen molar-refractivity contribution >= 4 is 43.2 Å². The molecule has 0 spiro atoms. The predicted molar refractivity (Wildman–Crippen MR) is 82.2 cm³/mol. The van der Waals surface area contributed by atoms with Gasteiger partial charge >= 0.3 is 0 Å². The van der Waals surface area contributed by atoms with Crippen LogP contribution < -0.4 is 5.32 Å². The molecule has 0 aliphatic carbocycles. The molecule has 2 aromatic carbocycles. The van der Waals surface area contributed by atoms with E-state index in [4.69, 9.17) is 0 Å². The highest BCUT2D eigenvalue weighted by atomic mass is 79.9. The zero-order valence-corrected chi connectivity index (χ0v) is 13.2. The maximum atomic E-state index is 13.3. The van der Waals surface area contributed by atoms with Crippen molar-refractivity contribution in [2.45, 2.75) is 6.54 Å². The summed E-state index contributed by atoms with van der Waals surface area (Å²) in [7, 11) is 0. The van der Waals surface area contributed by atoms with E-state index in [1.54, 1.807) is 24.3 Å². The molecule has 0 heterocycles. The molecule has 0 fully saturated rings. The summed E-state index contributed by atoms with van der Waals surface area (Å²) in [5.41, 5.74) is 1.35. The molecule has 0 radical (unpaired) electrons. The molecule has 2 rings (SSSR count). The Morgan fingerprint density at radius 1 is 1.15 bits per heavy atom.